The van der Waals surface area contributed by atoms with E-state index in [1.165, 1.54) is 4.57 Å². The van der Waals surface area contributed by atoms with Crippen molar-refractivity contribution in [2.45, 2.75) is 26.2 Å². The molecule has 7 nitrogen and oxygen atoms in total. The van der Waals surface area contributed by atoms with Gasteiger partial charge in [0.05, 0.1) is 23.8 Å². The lowest BCUT2D eigenvalue weighted by Gasteiger charge is -2.29. The molecule has 0 N–H and O–H groups in total. The summed E-state index contributed by atoms with van der Waals surface area (Å²) in [5.74, 6) is -0.422. The standard InChI is InChI=1S/C25H22BrClN4O3/c1-16-12-29(14-17-5-3-2-4-6-17)24(33)22-21-15-28(9-10-30(21)25(34)31(22)13-16)23(32)18-7-8-19(26)20(27)11-18/h2-8,11H,1,9-10,12-15H2. The van der Waals surface area contributed by atoms with Crippen molar-refractivity contribution in [2.75, 3.05) is 13.1 Å². The summed E-state index contributed by atoms with van der Waals surface area (Å²) in [7, 11) is 0. The molecular formula is C25H22BrClN4O3. The number of imidazole rings is 1. The Labute approximate surface area is 210 Å². The van der Waals surface area contributed by atoms with Crippen molar-refractivity contribution >= 4 is 39.3 Å². The lowest BCUT2D eigenvalue weighted by Crippen LogP contribution is -2.41. The van der Waals surface area contributed by atoms with Crippen molar-refractivity contribution in [1.29, 1.82) is 0 Å². The molecule has 2 aliphatic heterocycles. The molecule has 3 heterocycles. The van der Waals surface area contributed by atoms with Gasteiger partial charge in [0.1, 0.15) is 5.69 Å². The van der Waals surface area contributed by atoms with E-state index in [9.17, 15) is 14.4 Å². The van der Waals surface area contributed by atoms with Crippen molar-refractivity contribution in [3.05, 3.63) is 103 Å². The van der Waals surface area contributed by atoms with Crippen molar-refractivity contribution in [1.82, 2.24) is 18.9 Å². The summed E-state index contributed by atoms with van der Waals surface area (Å²) in [6.45, 7) is 6.02. The predicted octanol–water partition coefficient (Wildman–Crippen LogP) is 3.93. The molecule has 0 atom stereocenters. The molecule has 34 heavy (non-hydrogen) atoms. The summed E-state index contributed by atoms with van der Waals surface area (Å²) in [6, 6.07) is 14.8. The van der Waals surface area contributed by atoms with Crippen LogP contribution in [0.5, 0.6) is 0 Å². The monoisotopic (exact) mass is 540 g/mol. The number of benzene rings is 2. The first-order valence-corrected chi connectivity index (χ1v) is 12.1. The third kappa shape index (κ3) is 4.01. The van der Waals surface area contributed by atoms with Crippen LogP contribution in [-0.2, 0) is 26.2 Å². The Hall–Kier alpha value is -3.10. The fraction of sp³-hybridized carbons (Fsp3) is 0.240. The Balaban J connectivity index is 1.50. The van der Waals surface area contributed by atoms with E-state index in [0.717, 1.165) is 11.1 Å². The Bertz CT molecular complexity index is 1380. The number of amides is 2. The van der Waals surface area contributed by atoms with Crippen molar-refractivity contribution in [3.63, 3.8) is 0 Å². The first-order chi connectivity index (χ1) is 16.3. The van der Waals surface area contributed by atoms with E-state index in [0.29, 0.717) is 52.6 Å². The zero-order chi connectivity index (χ0) is 24.0. The van der Waals surface area contributed by atoms with Gasteiger partial charge in [0.15, 0.2) is 0 Å². The van der Waals surface area contributed by atoms with Gasteiger partial charge in [-0.25, -0.2) is 4.79 Å². The second kappa shape index (κ2) is 8.92. The molecule has 0 saturated heterocycles. The van der Waals surface area contributed by atoms with Crippen molar-refractivity contribution < 1.29 is 9.59 Å². The molecule has 0 saturated carbocycles. The second-order valence-electron chi connectivity index (χ2n) is 8.57. The van der Waals surface area contributed by atoms with E-state index in [-0.39, 0.29) is 30.6 Å². The minimum Gasteiger partial charge on any atom is -0.331 e. The summed E-state index contributed by atoms with van der Waals surface area (Å²) in [5, 5.41) is 0.447. The van der Waals surface area contributed by atoms with E-state index >= 15 is 0 Å². The molecule has 0 unspecified atom stereocenters. The first kappa shape index (κ1) is 22.7. The van der Waals surface area contributed by atoms with E-state index < -0.39 is 0 Å². The Morgan fingerprint density at radius 3 is 2.50 bits per heavy atom. The van der Waals surface area contributed by atoms with Gasteiger partial charge in [0.25, 0.3) is 11.8 Å². The van der Waals surface area contributed by atoms with Crippen LogP contribution in [0.4, 0.5) is 0 Å². The van der Waals surface area contributed by atoms with Crippen LogP contribution in [0.15, 0.2) is 70.0 Å². The van der Waals surface area contributed by atoms with Gasteiger partial charge in [0, 0.05) is 36.2 Å². The Morgan fingerprint density at radius 1 is 1.00 bits per heavy atom. The number of fused-ring (bicyclic) bond motifs is 3. The third-order valence-electron chi connectivity index (χ3n) is 6.22. The minimum atomic E-state index is -0.236. The summed E-state index contributed by atoms with van der Waals surface area (Å²) in [6.07, 6.45) is 0. The molecule has 174 valence electrons. The van der Waals surface area contributed by atoms with Gasteiger partial charge in [-0.15, -0.1) is 0 Å². The molecule has 9 heteroatoms. The van der Waals surface area contributed by atoms with Gasteiger partial charge in [-0.1, -0.05) is 48.5 Å². The number of rotatable bonds is 3. The molecule has 0 aliphatic carbocycles. The van der Waals surface area contributed by atoms with Gasteiger partial charge in [-0.05, 0) is 45.3 Å². The number of carbonyl (C=O) groups is 2. The summed E-state index contributed by atoms with van der Waals surface area (Å²) in [4.78, 5) is 43.4. The first-order valence-electron chi connectivity index (χ1n) is 10.9. The second-order valence-corrected chi connectivity index (χ2v) is 9.83. The molecule has 2 aliphatic rings. The Morgan fingerprint density at radius 2 is 1.76 bits per heavy atom. The highest BCUT2D eigenvalue weighted by atomic mass is 79.9. The Kier molecular flexibility index (Phi) is 5.95. The molecule has 0 fully saturated rings. The minimum absolute atomic E-state index is 0.168. The van der Waals surface area contributed by atoms with Crippen LogP contribution in [0.3, 0.4) is 0 Å². The molecule has 2 amide bonds. The van der Waals surface area contributed by atoms with Crippen LogP contribution in [0.2, 0.25) is 5.02 Å². The number of nitrogens with zero attached hydrogens (tertiary/aromatic N) is 4. The topological polar surface area (TPSA) is 67.6 Å². The number of hydrogen-bond donors (Lipinski definition) is 0. The quantitative estimate of drug-likeness (QED) is 0.472. The van der Waals surface area contributed by atoms with Crippen molar-refractivity contribution in [2.24, 2.45) is 0 Å². The van der Waals surface area contributed by atoms with Crippen LogP contribution in [-0.4, -0.2) is 43.8 Å². The fourth-order valence-corrected chi connectivity index (χ4v) is 5.01. The molecule has 0 spiro atoms. The van der Waals surface area contributed by atoms with E-state index in [2.05, 4.69) is 22.5 Å². The maximum absolute atomic E-state index is 13.7. The molecule has 3 aromatic rings. The molecule has 5 rings (SSSR count). The SMILES string of the molecule is C=C1CN(Cc2ccccc2)C(=O)c2c3n(c(=O)n2C1)CCN(C(=O)c1ccc(Br)c(Cl)c1)C3. The average molecular weight is 542 g/mol. The van der Waals surface area contributed by atoms with Crippen LogP contribution in [0.25, 0.3) is 0 Å². The van der Waals surface area contributed by atoms with Gasteiger partial charge in [-0.2, -0.15) is 0 Å². The van der Waals surface area contributed by atoms with Gasteiger partial charge >= 0.3 is 5.69 Å². The normalized spacial score (nSPS) is 15.7. The number of aromatic nitrogens is 2. The fourth-order valence-electron chi connectivity index (χ4n) is 4.58. The third-order valence-corrected chi connectivity index (χ3v) is 7.45. The highest BCUT2D eigenvalue weighted by Gasteiger charge is 2.35. The number of carbonyl (C=O) groups excluding carboxylic acids is 2. The molecule has 0 radical (unpaired) electrons. The average Bonchev–Trinajstić information content (AvgIpc) is 3.03. The highest BCUT2D eigenvalue weighted by molar-refractivity contribution is 9.10. The lowest BCUT2D eigenvalue weighted by atomic mass is 10.1. The zero-order valence-corrected chi connectivity index (χ0v) is 20.7. The maximum atomic E-state index is 13.7. The lowest BCUT2D eigenvalue weighted by molar-refractivity contribution is 0.0694. The largest absolute Gasteiger partial charge is 0.331 e. The van der Waals surface area contributed by atoms with Crippen LogP contribution < -0.4 is 5.69 Å². The van der Waals surface area contributed by atoms with Crippen molar-refractivity contribution in [3.8, 4) is 0 Å². The van der Waals surface area contributed by atoms with Gasteiger partial charge in [-0.3, -0.25) is 18.7 Å². The van der Waals surface area contributed by atoms with E-state index in [1.54, 1.807) is 32.6 Å². The maximum Gasteiger partial charge on any atom is 0.329 e. The van der Waals surface area contributed by atoms with Crippen LogP contribution >= 0.6 is 27.5 Å². The summed E-state index contributed by atoms with van der Waals surface area (Å²) in [5.41, 5.74) is 2.90. The molecule has 0 bridgehead atoms. The number of hydrogen-bond acceptors (Lipinski definition) is 3. The molecule has 2 aromatic carbocycles. The molecular weight excluding hydrogens is 520 g/mol. The van der Waals surface area contributed by atoms with E-state index in [4.69, 9.17) is 11.6 Å². The van der Waals surface area contributed by atoms with Crippen LogP contribution in [0, 0.1) is 0 Å². The summed E-state index contributed by atoms with van der Waals surface area (Å²) >= 11 is 9.53. The smallest absolute Gasteiger partial charge is 0.329 e. The van der Waals surface area contributed by atoms with Gasteiger partial charge in [0.2, 0.25) is 0 Å². The summed E-state index contributed by atoms with van der Waals surface area (Å²) < 4.78 is 3.83. The van der Waals surface area contributed by atoms with Gasteiger partial charge < -0.3 is 9.80 Å². The zero-order valence-electron chi connectivity index (χ0n) is 18.3. The predicted molar refractivity (Wildman–Crippen MR) is 133 cm³/mol. The highest BCUT2D eigenvalue weighted by Crippen LogP contribution is 2.26. The number of halogens is 2. The van der Waals surface area contributed by atoms with E-state index in [1.807, 2.05) is 30.3 Å². The molecule has 1 aromatic heterocycles. The van der Waals surface area contributed by atoms with Crippen LogP contribution in [0.1, 0.15) is 32.1 Å².